The first-order valence-electron chi connectivity index (χ1n) is 10.6. The number of hydrogen-bond acceptors (Lipinski definition) is 3. The van der Waals surface area contributed by atoms with Gasteiger partial charge in [0.15, 0.2) is 5.43 Å². The van der Waals surface area contributed by atoms with Crippen LogP contribution in [0.25, 0.3) is 11.0 Å². The highest BCUT2D eigenvalue weighted by atomic mass is 16.3. The number of benzene rings is 2. The quantitative estimate of drug-likeness (QED) is 0.567. The highest BCUT2D eigenvalue weighted by Crippen LogP contribution is 2.39. The van der Waals surface area contributed by atoms with Crippen molar-refractivity contribution < 1.29 is 9.21 Å². The third-order valence-corrected chi connectivity index (χ3v) is 5.95. The van der Waals surface area contributed by atoms with E-state index in [1.54, 1.807) is 4.90 Å². The molecule has 0 aliphatic carbocycles. The number of rotatable bonds is 3. The molecule has 4 heteroatoms. The first-order valence-corrected chi connectivity index (χ1v) is 10.6. The minimum Gasteiger partial charge on any atom is -0.450 e. The molecule has 4 nitrogen and oxygen atoms in total. The van der Waals surface area contributed by atoms with Gasteiger partial charge >= 0.3 is 0 Å². The van der Waals surface area contributed by atoms with Gasteiger partial charge in [0.2, 0.25) is 5.76 Å². The van der Waals surface area contributed by atoms with Crippen LogP contribution >= 0.6 is 0 Å². The van der Waals surface area contributed by atoms with Crippen LogP contribution in [-0.4, -0.2) is 17.4 Å². The maximum absolute atomic E-state index is 13.6. The summed E-state index contributed by atoms with van der Waals surface area (Å²) in [6.07, 6.45) is 0.808. The average Bonchev–Trinajstić information content (AvgIpc) is 2.95. The second-order valence-electron chi connectivity index (χ2n) is 9.41. The topological polar surface area (TPSA) is 50.5 Å². The van der Waals surface area contributed by atoms with Crippen molar-refractivity contribution in [2.45, 2.75) is 59.4 Å². The van der Waals surface area contributed by atoms with Crippen LogP contribution in [0.4, 0.5) is 0 Å². The summed E-state index contributed by atoms with van der Waals surface area (Å²) in [6, 6.07) is 11.7. The summed E-state index contributed by atoms with van der Waals surface area (Å²) in [5.74, 6) is -0.00600. The first kappa shape index (κ1) is 20.4. The van der Waals surface area contributed by atoms with Gasteiger partial charge in [0.05, 0.1) is 17.0 Å². The van der Waals surface area contributed by atoms with E-state index in [4.69, 9.17) is 4.42 Å². The fourth-order valence-corrected chi connectivity index (χ4v) is 4.46. The van der Waals surface area contributed by atoms with Gasteiger partial charge < -0.3 is 9.32 Å². The second-order valence-corrected chi connectivity index (χ2v) is 9.41. The van der Waals surface area contributed by atoms with Crippen molar-refractivity contribution in [3.63, 3.8) is 0 Å². The summed E-state index contributed by atoms with van der Waals surface area (Å²) in [5, 5.41) is 0.550. The Morgan fingerprint density at radius 3 is 2.30 bits per heavy atom. The first-order chi connectivity index (χ1) is 14.1. The van der Waals surface area contributed by atoms with Crippen molar-refractivity contribution in [2.75, 3.05) is 6.54 Å². The third kappa shape index (κ3) is 3.15. The molecule has 0 N–H and O–H groups in total. The van der Waals surface area contributed by atoms with E-state index in [0.717, 1.165) is 23.1 Å². The van der Waals surface area contributed by atoms with Crippen LogP contribution in [0.5, 0.6) is 0 Å². The van der Waals surface area contributed by atoms with E-state index in [2.05, 4.69) is 32.9 Å². The molecular weight excluding hydrogens is 374 g/mol. The van der Waals surface area contributed by atoms with Crippen LogP contribution < -0.4 is 5.43 Å². The Bertz CT molecular complexity index is 1200. The molecule has 0 saturated heterocycles. The lowest BCUT2D eigenvalue weighted by molar-refractivity contribution is 0.0728. The van der Waals surface area contributed by atoms with Crippen molar-refractivity contribution in [1.82, 2.24) is 4.90 Å². The van der Waals surface area contributed by atoms with E-state index in [1.165, 1.54) is 5.56 Å². The van der Waals surface area contributed by atoms with Gasteiger partial charge in [-0.25, -0.2) is 0 Å². The molecule has 0 radical (unpaired) electrons. The Balaban J connectivity index is 1.96. The molecule has 156 valence electrons. The van der Waals surface area contributed by atoms with Crippen LogP contribution in [0.2, 0.25) is 0 Å². The zero-order chi connectivity index (χ0) is 21.8. The van der Waals surface area contributed by atoms with Gasteiger partial charge in [0, 0.05) is 6.54 Å². The molecule has 2 heterocycles. The van der Waals surface area contributed by atoms with E-state index < -0.39 is 6.04 Å². The van der Waals surface area contributed by atoms with E-state index in [1.807, 2.05) is 45.0 Å². The standard InChI is InChI=1S/C26H29NO3/c1-7-12-27-21(17-8-10-18(11-9-17)26(4,5)6)20-22(28)19-14-15(2)13-16(3)23(19)30-24(20)25(27)29/h8-11,13-14,21H,7,12H2,1-6H3. The molecule has 1 atom stereocenters. The van der Waals surface area contributed by atoms with Gasteiger partial charge in [-0.05, 0) is 54.0 Å². The molecule has 30 heavy (non-hydrogen) atoms. The molecule has 1 aliphatic rings. The summed E-state index contributed by atoms with van der Waals surface area (Å²) < 4.78 is 6.10. The molecule has 0 saturated carbocycles. The van der Waals surface area contributed by atoms with Crippen LogP contribution in [-0.2, 0) is 5.41 Å². The Morgan fingerprint density at radius 1 is 1.03 bits per heavy atom. The smallest absolute Gasteiger partial charge is 0.290 e. The van der Waals surface area contributed by atoms with Crippen LogP contribution in [0, 0.1) is 13.8 Å². The van der Waals surface area contributed by atoms with Gasteiger partial charge in [-0.3, -0.25) is 9.59 Å². The van der Waals surface area contributed by atoms with Crippen LogP contribution in [0.1, 0.15) is 78.5 Å². The second kappa shape index (κ2) is 7.12. The van der Waals surface area contributed by atoms with E-state index in [0.29, 0.717) is 23.1 Å². The number of nitrogens with zero attached hydrogens (tertiary/aromatic N) is 1. The Kier molecular flexibility index (Phi) is 4.84. The summed E-state index contributed by atoms with van der Waals surface area (Å²) in [7, 11) is 0. The summed E-state index contributed by atoms with van der Waals surface area (Å²) >= 11 is 0. The number of amides is 1. The molecule has 0 bridgehead atoms. The van der Waals surface area contributed by atoms with E-state index in [9.17, 15) is 9.59 Å². The number of carbonyl (C=O) groups is 1. The van der Waals surface area contributed by atoms with Gasteiger partial charge in [-0.15, -0.1) is 0 Å². The Labute approximate surface area is 177 Å². The highest BCUT2D eigenvalue weighted by Gasteiger charge is 2.42. The lowest BCUT2D eigenvalue weighted by Gasteiger charge is -2.26. The molecular formula is C26H29NO3. The maximum atomic E-state index is 13.6. The normalized spacial score (nSPS) is 16.4. The molecule has 0 spiro atoms. The fourth-order valence-electron chi connectivity index (χ4n) is 4.46. The summed E-state index contributed by atoms with van der Waals surface area (Å²) in [4.78, 5) is 28.6. The average molecular weight is 404 g/mol. The van der Waals surface area contributed by atoms with Crippen molar-refractivity contribution >= 4 is 16.9 Å². The predicted octanol–water partition coefficient (Wildman–Crippen LogP) is 5.66. The highest BCUT2D eigenvalue weighted by molar-refractivity contribution is 5.99. The fraction of sp³-hybridized carbons (Fsp3) is 0.385. The van der Waals surface area contributed by atoms with Crippen LogP contribution in [0.3, 0.4) is 0 Å². The van der Waals surface area contributed by atoms with E-state index >= 15 is 0 Å². The molecule has 0 fully saturated rings. The van der Waals surface area contributed by atoms with Crippen molar-refractivity contribution in [3.8, 4) is 0 Å². The van der Waals surface area contributed by atoms with Crippen molar-refractivity contribution in [1.29, 1.82) is 0 Å². The SMILES string of the molecule is CCCN1C(=O)c2oc3c(C)cc(C)cc3c(=O)c2C1c1ccc(C(C)(C)C)cc1. The largest absolute Gasteiger partial charge is 0.450 e. The Hall–Kier alpha value is -2.88. The third-order valence-electron chi connectivity index (χ3n) is 5.95. The van der Waals surface area contributed by atoms with Crippen molar-refractivity contribution in [3.05, 3.63) is 80.2 Å². The monoisotopic (exact) mass is 403 g/mol. The van der Waals surface area contributed by atoms with Gasteiger partial charge in [0.25, 0.3) is 5.91 Å². The van der Waals surface area contributed by atoms with Gasteiger partial charge in [-0.1, -0.05) is 58.0 Å². The van der Waals surface area contributed by atoms with Crippen LogP contribution in [0.15, 0.2) is 45.6 Å². The van der Waals surface area contributed by atoms with Gasteiger partial charge in [-0.2, -0.15) is 0 Å². The molecule has 3 aromatic rings. The molecule has 1 amide bonds. The number of hydrogen-bond donors (Lipinski definition) is 0. The van der Waals surface area contributed by atoms with Gasteiger partial charge in [0.1, 0.15) is 5.58 Å². The maximum Gasteiger partial charge on any atom is 0.290 e. The van der Waals surface area contributed by atoms with Crippen molar-refractivity contribution in [2.24, 2.45) is 0 Å². The predicted molar refractivity (Wildman–Crippen MR) is 120 cm³/mol. The molecule has 4 rings (SSSR count). The molecule has 1 aromatic heterocycles. The zero-order valence-corrected chi connectivity index (χ0v) is 18.6. The minimum absolute atomic E-state index is 0.0370. The molecule has 1 unspecified atom stereocenters. The van der Waals surface area contributed by atoms with E-state index in [-0.39, 0.29) is 22.5 Å². The number of carbonyl (C=O) groups excluding carboxylic acids is 1. The lowest BCUT2D eigenvalue weighted by atomic mass is 9.86. The summed E-state index contributed by atoms with van der Waals surface area (Å²) in [6.45, 7) is 13.0. The number of aryl methyl sites for hydroxylation is 2. The molecule has 2 aromatic carbocycles. The Morgan fingerprint density at radius 2 is 1.70 bits per heavy atom. The summed E-state index contributed by atoms with van der Waals surface area (Å²) in [5.41, 5.74) is 4.96. The minimum atomic E-state index is -0.414. The number of fused-ring (bicyclic) bond motifs is 2. The molecule has 1 aliphatic heterocycles. The zero-order valence-electron chi connectivity index (χ0n) is 18.6. The lowest BCUT2D eigenvalue weighted by Crippen LogP contribution is -2.30.